The minimum Gasteiger partial charge on any atom is -0.480 e. The van der Waals surface area contributed by atoms with Gasteiger partial charge in [-0.2, -0.15) is 0 Å². The van der Waals surface area contributed by atoms with Gasteiger partial charge in [-0.3, -0.25) is 0 Å². The zero-order valence-electron chi connectivity index (χ0n) is 11.9. The summed E-state index contributed by atoms with van der Waals surface area (Å²) in [6.45, 7) is 3.50. The number of urea groups is 1. The molecule has 0 spiro atoms. The molecule has 2 atom stereocenters. The van der Waals surface area contributed by atoms with Crippen molar-refractivity contribution in [3.8, 4) is 0 Å². The number of nitrogens with zero attached hydrogens (tertiary/aromatic N) is 1. The maximum absolute atomic E-state index is 12.4. The van der Waals surface area contributed by atoms with Gasteiger partial charge in [-0.1, -0.05) is 0 Å². The van der Waals surface area contributed by atoms with Gasteiger partial charge in [0.2, 0.25) is 0 Å². The number of rotatable bonds is 3. The molecule has 0 bridgehead atoms. The van der Waals surface area contributed by atoms with Gasteiger partial charge < -0.3 is 24.8 Å². The van der Waals surface area contributed by atoms with Crippen LogP contribution in [0.1, 0.15) is 26.2 Å². The van der Waals surface area contributed by atoms with E-state index in [1.54, 1.807) is 0 Å². The van der Waals surface area contributed by atoms with Gasteiger partial charge >= 0.3 is 12.0 Å². The smallest absolute Gasteiger partial charge is 0.326 e. The van der Waals surface area contributed by atoms with Gasteiger partial charge in [-0.15, -0.1) is 0 Å². The number of aliphatic carboxylic acids is 1. The molecule has 2 aliphatic heterocycles. The Kier molecular flexibility index (Phi) is 4.49. The number of carboxylic acid groups (broad SMARTS) is 1. The summed E-state index contributed by atoms with van der Waals surface area (Å²) in [4.78, 5) is 25.0. The van der Waals surface area contributed by atoms with E-state index in [4.69, 9.17) is 9.47 Å². The van der Waals surface area contributed by atoms with Crippen LogP contribution in [0, 0.1) is 0 Å². The van der Waals surface area contributed by atoms with Gasteiger partial charge in [-0.25, -0.2) is 9.59 Å². The van der Waals surface area contributed by atoms with Crippen LogP contribution in [0.15, 0.2) is 0 Å². The first-order valence-electron chi connectivity index (χ1n) is 6.87. The average molecular weight is 286 g/mol. The van der Waals surface area contributed by atoms with Crippen LogP contribution >= 0.6 is 0 Å². The highest BCUT2D eigenvalue weighted by molar-refractivity contribution is 5.83. The molecule has 0 aromatic rings. The summed E-state index contributed by atoms with van der Waals surface area (Å²) in [6.07, 6.45) is 1.58. The first-order valence-corrected chi connectivity index (χ1v) is 6.87. The standard InChI is InChI=1S/C13H22N2O5/c1-13(3-5-20-6-4-13)14-12(18)15-8-9(19-2)7-10(15)11(16)17/h9-10H,3-8H2,1-2H3,(H,14,18)(H,16,17). The number of carbonyl (C=O) groups is 2. The fourth-order valence-electron chi connectivity index (χ4n) is 2.70. The molecule has 114 valence electrons. The first kappa shape index (κ1) is 15.1. The Morgan fingerprint density at radius 2 is 2.05 bits per heavy atom. The quantitative estimate of drug-likeness (QED) is 0.786. The zero-order chi connectivity index (χ0) is 14.8. The van der Waals surface area contributed by atoms with Gasteiger partial charge in [0.15, 0.2) is 0 Å². The highest BCUT2D eigenvalue weighted by Gasteiger charge is 2.41. The summed E-state index contributed by atoms with van der Waals surface area (Å²) in [6, 6.07) is -1.15. The SMILES string of the molecule is COC1CC(C(=O)O)N(C(=O)NC2(C)CCOCC2)C1. The lowest BCUT2D eigenvalue weighted by Crippen LogP contribution is -2.56. The van der Waals surface area contributed by atoms with Crippen molar-refractivity contribution < 1.29 is 24.2 Å². The number of ether oxygens (including phenoxy) is 2. The minimum absolute atomic E-state index is 0.218. The van der Waals surface area contributed by atoms with Crippen LogP contribution in [0.25, 0.3) is 0 Å². The highest BCUT2D eigenvalue weighted by atomic mass is 16.5. The van der Waals surface area contributed by atoms with E-state index in [2.05, 4.69) is 5.32 Å². The summed E-state index contributed by atoms with van der Waals surface area (Å²) in [5, 5.41) is 12.2. The number of hydrogen-bond acceptors (Lipinski definition) is 4. The number of carboxylic acids is 1. The molecule has 2 N–H and O–H groups in total. The molecule has 2 amide bonds. The molecule has 0 aromatic carbocycles. The fraction of sp³-hybridized carbons (Fsp3) is 0.846. The summed E-state index contributed by atoms with van der Waals surface area (Å²) in [7, 11) is 1.53. The number of likely N-dealkylation sites (tertiary alicyclic amines) is 1. The molecule has 0 aliphatic carbocycles. The molecule has 0 aromatic heterocycles. The zero-order valence-corrected chi connectivity index (χ0v) is 11.9. The molecule has 2 rings (SSSR count). The first-order chi connectivity index (χ1) is 9.45. The predicted molar refractivity (Wildman–Crippen MR) is 70.5 cm³/mol. The van der Waals surface area contributed by atoms with Gasteiger partial charge in [0, 0.05) is 38.8 Å². The van der Waals surface area contributed by atoms with Crippen molar-refractivity contribution in [3.05, 3.63) is 0 Å². The van der Waals surface area contributed by atoms with Crippen molar-refractivity contribution in [1.29, 1.82) is 0 Å². The van der Waals surface area contributed by atoms with Crippen LogP contribution in [0.2, 0.25) is 0 Å². The average Bonchev–Trinajstić information content (AvgIpc) is 2.83. The second-order valence-electron chi connectivity index (χ2n) is 5.70. The van der Waals surface area contributed by atoms with E-state index in [1.165, 1.54) is 12.0 Å². The van der Waals surface area contributed by atoms with Crippen LogP contribution in [-0.2, 0) is 14.3 Å². The van der Waals surface area contributed by atoms with Crippen LogP contribution in [-0.4, -0.2) is 66.6 Å². The van der Waals surface area contributed by atoms with Crippen LogP contribution in [0.4, 0.5) is 4.79 Å². The van der Waals surface area contributed by atoms with Crippen molar-refractivity contribution in [2.45, 2.75) is 43.9 Å². The maximum atomic E-state index is 12.4. The Balaban J connectivity index is 2.01. The van der Waals surface area contributed by atoms with Crippen molar-refractivity contribution in [2.24, 2.45) is 0 Å². The molecule has 20 heavy (non-hydrogen) atoms. The number of carbonyl (C=O) groups excluding carboxylic acids is 1. The normalized spacial score (nSPS) is 29.2. The van der Waals surface area contributed by atoms with Gasteiger partial charge in [0.1, 0.15) is 6.04 Å². The highest BCUT2D eigenvalue weighted by Crippen LogP contribution is 2.24. The van der Waals surface area contributed by atoms with Crippen molar-refractivity contribution in [2.75, 3.05) is 26.9 Å². The molecule has 0 saturated carbocycles. The Labute approximate surface area is 118 Å². The minimum atomic E-state index is -0.989. The topological polar surface area (TPSA) is 88.1 Å². The summed E-state index contributed by atoms with van der Waals surface area (Å²) in [5.74, 6) is -0.989. The van der Waals surface area contributed by atoms with Crippen LogP contribution in [0.5, 0.6) is 0 Å². The number of methoxy groups -OCH3 is 1. The van der Waals surface area contributed by atoms with E-state index in [0.29, 0.717) is 26.2 Å². The van der Waals surface area contributed by atoms with E-state index >= 15 is 0 Å². The van der Waals surface area contributed by atoms with Crippen LogP contribution in [0.3, 0.4) is 0 Å². The Hall–Kier alpha value is -1.34. The molecule has 2 saturated heterocycles. The van der Waals surface area contributed by atoms with E-state index < -0.39 is 12.0 Å². The van der Waals surface area contributed by atoms with Gasteiger partial charge in [-0.05, 0) is 19.8 Å². The molecular weight excluding hydrogens is 264 g/mol. The summed E-state index contributed by atoms with van der Waals surface area (Å²) < 4.78 is 10.5. The van der Waals surface area contributed by atoms with Crippen molar-refractivity contribution >= 4 is 12.0 Å². The lowest BCUT2D eigenvalue weighted by atomic mass is 9.93. The lowest BCUT2D eigenvalue weighted by molar-refractivity contribution is -0.141. The van der Waals surface area contributed by atoms with Crippen LogP contribution < -0.4 is 5.32 Å². The maximum Gasteiger partial charge on any atom is 0.326 e. The van der Waals surface area contributed by atoms with E-state index in [0.717, 1.165) is 12.8 Å². The second-order valence-corrected chi connectivity index (χ2v) is 5.70. The third-order valence-electron chi connectivity index (χ3n) is 4.15. The van der Waals surface area contributed by atoms with E-state index in [-0.39, 0.29) is 17.7 Å². The van der Waals surface area contributed by atoms with Gasteiger partial charge in [0.25, 0.3) is 0 Å². The molecule has 2 fully saturated rings. The van der Waals surface area contributed by atoms with Crippen molar-refractivity contribution in [1.82, 2.24) is 10.2 Å². The molecule has 7 heteroatoms. The number of nitrogens with one attached hydrogen (secondary N) is 1. The number of hydrogen-bond donors (Lipinski definition) is 2. The third kappa shape index (κ3) is 3.21. The van der Waals surface area contributed by atoms with Gasteiger partial charge in [0.05, 0.1) is 6.10 Å². The fourth-order valence-corrected chi connectivity index (χ4v) is 2.70. The summed E-state index contributed by atoms with van der Waals surface area (Å²) in [5.41, 5.74) is -0.330. The monoisotopic (exact) mass is 286 g/mol. The molecule has 2 heterocycles. The van der Waals surface area contributed by atoms with E-state index in [9.17, 15) is 14.7 Å². The third-order valence-corrected chi connectivity index (χ3v) is 4.15. The molecule has 2 aliphatic rings. The molecule has 2 unspecified atom stereocenters. The van der Waals surface area contributed by atoms with Crippen molar-refractivity contribution in [3.63, 3.8) is 0 Å². The summed E-state index contributed by atoms with van der Waals surface area (Å²) >= 11 is 0. The number of amides is 2. The lowest BCUT2D eigenvalue weighted by Gasteiger charge is -2.36. The van der Waals surface area contributed by atoms with E-state index in [1.807, 2.05) is 6.92 Å². The Morgan fingerprint density at radius 1 is 1.40 bits per heavy atom. The molecule has 0 radical (unpaired) electrons. The second kappa shape index (κ2) is 5.97. The Morgan fingerprint density at radius 3 is 2.60 bits per heavy atom. The largest absolute Gasteiger partial charge is 0.480 e. The molecule has 7 nitrogen and oxygen atoms in total. The Bertz CT molecular complexity index is 381. The molecular formula is C13H22N2O5. The predicted octanol–water partition coefficient (Wildman–Crippen LogP) is 0.439.